The zero-order valence-corrected chi connectivity index (χ0v) is 9.69. The lowest BCUT2D eigenvalue weighted by molar-refractivity contribution is 0.376. The van der Waals surface area contributed by atoms with Crippen molar-refractivity contribution >= 4 is 0 Å². The fraction of sp³-hybridized carbons (Fsp3) is 0.538. The molecule has 0 amide bonds. The molecule has 1 nitrogen and oxygen atoms in total. The van der Waals surface area contributed by atoms with Crippen LogP contribution in [0.4, 0.5) is 8.78 Å². The molecule has 0 spiro atoms. The number of nitrogens with one attached hydrogen (secondary N) is 1. The van der Waals surface area contributed by atoms with Gasteiger partial charge < -0.3 is 5.32 Å². The van der Waals surface area contributed by atoms with Gasteiger partial charge in [-0.25, -0.2) is 8.78 Å². The van der Waals surface area contributed by atoms with E-state index >= 15 is 0 Å². The summed E-state index contributed by atoms with van der Waals surface area (Å²) in [5, 5.41) is 3.26. The van der Waals surface area contributed by atoms with E-state index in [2.05, 4.69) is 19.2 Å². The van der Waals surface area contributed by atoms with Crippen molar-refractivity contribution < 1.29 is 8.78 Å². The summed E-state index contributed by atoms with van der Waals surface area (Å²) in [6, 6.07) is 3.92. The molecule has 1 saturated carbocycles. The Balaban J connectivity index is 1.96. The molecule has 0 radical (unpaired) electrons. The predicted molar refractivity (Wildman–Crippen MR) is 60.0 cm³/mol. The molecule has 2 rings (SSSR count). The number of benzene rings is 1. The maximum absolute atomic E-state index is 13.3. The first-order chi connectivity index (χ1) is 7.51. The zero-order valence-electron chi connectivity index (χ0n) is 9.69. The van der Waals surface area contributed by atoms with Crippen LogP contribution in [0.25, 0.3) is 0 Å². The minimum Gasteiger partial charge on any atom is -0.310 e. The van der Waals surface area contributed by atoms with Gasteiger partial charge in [0.15, 0.2) is 0 Å². The highest BCUT2D eigenvalue weighted by Gasteiger charge is 2.42. The van der Waals surface area contributed by atoms with E-state index in [1.807, 2.05) is 0 Å². The number of rotatable bonds is 4. The van der Waals surface area contributed by atoms with Crippen molar-refractivity contribution in [1.29, 1.82) is 0 Å². The van der Waals surface area contributed by atoms with Crippen molar-refractivity contribution in [3.8, 4) is 0 Å². The summed E-state index contributed by atoms with van der Waals surface area (Å²) in [6.45, 7) is 4.71. The molecule has 1 aliphatic rings. The minimum atomic E-state index is -0.386. The van der Waals surface area contributed by atoms with E-state index in [4.69, 9.17) is 0 Å². The molecular formula is C13H17F2N. The topological polar surface area (TPSA) is 12.0 Å². The van der Waals surface area contributed by atoms with Crippen LogP contribution in [0.1, 0.15) is 32.3 Å². The van der Waals surface area contributed by atoms with Gasteiger partial charge in [-0.3, -0.25) is 0 Å². The van der Waals surface area contributed by atoms with Gasteiger partial charge in [0, 0.05) is 18.2 Å². The largest absolute Gasteiger partial charge is 0.310 e. The second kappa shape index (κ2) is 4.13. The van der Waals surface area contributed by atoms with Crippen molar-refractivity contribution in [2.45, 2.75) is 39.3 Å². The zero-order chi connectivity index (χ0) is 11.8. The summed E-state index contributed by atoms with van der Waals surface area (Å²) in [5.74, 6) is -0.731. The van der Waals surface area contributed by atoms with Gasteiger partial charge in [-0.15, -0.1) is 0 Å². The molecule has 0 bridgehead atoms. The molecule has 1 unspecified atom stereocenters. The normalized spacial score (nSPS) is 19.5. The van der Waals surface area contributed by atoms with E-state index < -0.39 is 0 Å². The minimum absolute atomic E-state index is 0.343. The molecule has 3 heteroatoms. The van der Waals surface area contributed by atoms with Crippen LogP contribution in [0, 0.1) is 17.0 Å². The van der Waals surface area contributed by atoms with Crippen LogP contribution in [0.15, 0.2) is 18.2 Å². The number of halogens is 2. The molecule has 1 aromatic rings. The van der Waals surface area contributed by atoms with Crippen molar-refractivity contribution in [3.63, 3.8) is 0 Å². The van der Waals surface area contributed by atoms with Crippen molar-refractivity contribution in [2.24, 2.45) is 5.41 Å². The van der Waals surface area contributed by atoms with Crippen LogP contribution in [0.2, 0.25) is 0 Å². The Morgan fingerprint density at radius 1 is 1.38 bits per heavy atom. The van der Waals surface area contributed by atoms with Gasteiger partial charge in [0.05, 0.1) is 0 Å². The van der Waals surface area contributed by atoms with E-state index in [1.54, 1.807) is 0 Å². The van der Waals surface area contributed by atoms with E-state index in [9.17, 15) is 8.78 Å². The van der Waals surface area contributed by atoms with Gasteiger partial charge in [0.2, 0.25) is 0 Å². The molecule has 16 heavy (non-hydrogen) atoms. The number of hydrogen-bond donors (Lipinski definition) is 1. The number of hydrogen-bond acceptors (Lipinski definition) is 1. The van der Waals surface area contributed by atoms with E-state index in [0.717, 1.165) is 6.07 Å². The third-order valence-corrected chi connectivity index (χ3v) is 3.69. The van der Waals surface area contributed by atoms with Gasteiger partial charge in [-0.2, -0.15) is 0 Å². The van der Waals surface area contributed by atoms with Gasteiger partial charge in [-0.05, 0) is 43.4 Å². The van der Waals surface area contributed by atoms with Crippen LogP contribution >= 0.6 is 0 Å². The van der Waals surface area contributed by atoms with Crippen LogP contribution in [-0.4, -0.2) is 6.04 Å². The van der Waals surface area contributed by atoms with Gasteiger partial charge in [-0.1, -0.05) is 6.92 Å². The highest BCUT2D eigenvalue weighted by atomic mass is 19.1. The lowest BCUT2D eigenvalue weighted by Gasteiger charge is -2.20. The molecule has 0 aliphatic heterocycles. The van der Waals surface area contributed by atoms with Crippen LogP contribution in [0.5, 0.6) is 0 Å². The molecule has 1 aromatic carbocycles. The molecular weight excluding hydrogens is 208 g/mol. The molecule has 0 saturated heterocycles. The lowest BCUT2D eigenvalue weighted by Crippen LogP contribution is -2.33. The average Bonchev–Trinajstić information content (AvgIpc) is 2.99. The standard InChI is InChI=1S/C13H17F2N/c1-9(13(2)5-6-13)16-8-10-7-11(14)3-4-12(10)15/h3-4,7,9,16H,5-6,8H2,1-2H3. The first-order valence-corrected chi connectivity index (χ1v) is 5.68. The van der Waals surface area contributed by atoms with E-state index in [1.165, 1.54) is 25.0 Å². The van der Waals surface area contributed by atoms with Crippen molar-refractivity contribution in [1.82, 2.24) is 5.32 Å². The second-order valence-electron chi connectivity index (χ2n) is 4.99. The summed E-state index contributed by atoms with van der Waals surface area (Å²) in [7, 11) is 0. The monoisotopic (exact) mass is 225 g/mol. The molecule has 1 aliphatic carbocycles. The van der Waals surface area contributed by atoms with Gasteiger partial charge in [0.1, 0.15) is 11.6 Å². The summed E-state index contributed by atoms with van der Waals surface area (Å²) >= 11 is 0. The fourth-order valence-electron chi connectivity index (χ4n) is 1.82. The molecule has 88 valence electrons. The van der Waals surface area contributed by atoms with Gasteiger partial charge >= 0.3 is 0 Å². The maximum Gasteiger partial charge on any atom is 0.127 e. The SMILES string of the molecule is CC(NCc1cc(F)ccc1F)C1(C)CC1. The summed E-state index contributed by atoms with van der Waals surface area (Å²) in [6.07, 6.45) is 2.43. The van der Waals surface area contributed by atoms with Crippen LogP contribution < -0.4 is 5.32 Å². The highest BCUT2D eigenvalue weighted by molar-refractivity contribution is 5.18. The predicted octanol–water partition coefficient (Wildman–Crippen LogP) is 3.24. The molecule has 1 fully saturated rings. The second-order valence-corrected chi connectivity index (χ2v) is 4.99. The Morgan fingerprint density at radius 3 is 2.69 bits per heavy atom. The fourth-order valence-corrected chi connectivity index (χ4v) is 1.82. The van der Waals surface area contributed by atoms with Crippen LogP contribution in [0.3, 0.4) is 0 Å². The van der Waals surface area contributed by atoms with E-state index in [0.29, 0.717) is 23.6 Å². The third kappa shape index (κ3) is 2.40. The Labute approximate surface area is 94.9 Å². The molecule has 0 aromatic heterocycles. The third-order valence-electron chi connectivity index (χ3n) is 3.69. The van der Waals surface area contributed by atoms with Crippen LogP contribution in [-0.2, 0) is 6.54 Å². The molecule has 1 N–H and O–H groups in total. The summed E-state index contributed by atoms with van der Waals surface area (Å²) < 4.78 is 26.2. The average molecular weight is 225 g/mol. The summed E-state index contributed by atoms with van der Waals surface area (Å²) in [5.41, 5.74) is 0.750. The first-order valence-electron chi connectivity index (χ1n) is 5.68. The Hall–Kier alpha value is -0.960. The summed E-state index contributed by atoms with van der Waals surface area (Å²) in [4.78, 5) is 0. The Morgan fingerprint density at radius 2 is 2.06 bits per heavy atom. The van der Waals surface area contributed by atoms with Crippen molar-refractivity contribution in [2.75, 3.05) is 0 Å². The van der Waals surface area contributed by atoms with Gasteiger partial charge in [0.25, 0.3) is 0 Å². The molecule has 1 atom stereocenters. The first kappa shape index (κ1) is 11.5. The van der Waals surface area contributed by atoms with Crippen molar-refractivity contribution in [3.05, 3.63) is 35.4 Å². The lowest BCUT2D eigenvalue weighted by atomic mass is 10.0. The Bertz CT molecular complexity index is 386. The van der Waals surface area contributed by atoms with E-state index in [-0.39, 0.29) is 11.6 Å². The molecule has 0 heterocycles. The Kier molecular flexibility index (Phi) is 2.98. The maximum atomic E-state index is 13.3. The smallest absolute Gasteiger partial charge is 0.127 e. The highest BCUT2D eigenvalue weighted by Crippen LogP contribution is 2.47. The quantitative estimate of drug-likeness (QED) is 0.829.